The van der Waals surface area contributed by atoms with Crippen LogP contribution < -0.4 is 5.19 Å². The second-order valence-electron chi connectivity index (χ2n) is 3.01. The SMILES string of the molecule is CO[Si](C)(OC)c1cc(F)cc(F)c1. The maximum absolute atomic E-state index is 12.9. The van der Waals surface area contributed by atoms with E-state index in [0.29, 0.717) is 5.19 Å². The Hall–Kier alpha value is -0.783. The Balaban J connectivity index is 3.17. The molecule has 0 fully saturated rings. The van der Waals surface area contributed by atoms with Crippen molar-refractivity contribution in [1.29, 1.82) is 0 Å². The van der Waals surface area contributed by atoms with Gasteiger partial charge in [0.15, 0.2) is 0 Å². The van der Waals surface area contributed by atoms with Gasteiger partial charge in [-0.2, -0.15) is 0 Å². The second kappa shape index (κ2) is 4.16. The third kappa shape index (κ3) is 2.17. The van der Waals surface area contributed by atoms with Crippen molar-refractivity contribution in [1.82, 2.24) is 0 Å². The third-order valence-electron chi connectivity index (χ3n) is 2.17. The molecule has 0 saturated heterocycles. The van der Waals surface area contributed by atoms with Crippen LogP contribution in [-0.4, -0.2) is 22.8 Å². The quantitative estimate of drug-likeness (QED) is 0.716. The summed E-state index contributed by atoms with van der Waals surface area (Å²) in [5, 5.41) is 0.444. The monoisotopic (exact) mass is 218 g/mol. The summed E-state index contributed by atoms with van der Waals surface area (Å²) >= 11 is 0. The first-order valence-corrected chi connectivity index (χ1v) is 6.40. The van der Waals surface area contributed by atoms with E-state index < -0.39 is 20.2 Å². The highest BCUT2D eigenvalue weighted by molar-refractivity contribution is 6.79. The number of hydrogen-bond donors (Lipinski definition) is 0. The minimum atomic E-state index is -2.62. The summed E-state index contributed by atoms with van der Waals surface area (Å²) in [4.78, 5) is 0. The molecule has 0 saturated carbocycles. The summed E-state index contributed by atoms with van der Waals surface area (Å²) in [5.41, 5.74) is 0. The molecule has 1 aromatic rings. The molecule has 0 atom stereocenters. The zero-order chi connectivity index (χ0) is 10.8. The highest BCUT2D eigenvalue weighted by Crippen LogP contribution is 2.08. The molecule has 2 nitrogen and oxygen atoms in total. The molecule has 1 rings (SSSR count). The van der Waals surface area contributed by atoms with Crippen molar-refractivity contribution in [3.05, 3.63) is 29.8 Å². The van der Waals surface area contributed by atoms with Gasteiger partial charge >= 0.3 is 8.56 Å². The molecule has 0 unspecified atom stereocenters. The third-order valence-corrected chi connectivity index (χ3v) is 5.06. The average Bonchev–Trinajstić information content (AvgIpc) is 2.15. The first-order chi connectivity index (χ1) is 6.51. The lowest BCUT2D eigenvalue weighted by atomic mass is 10.3. The predicted octanol–water partition coefficient (Wildman–Crippen LogP) is 1.54. The van der Waals surface area contributed by atoms with E-state index >= 15 is 0 Å². The predicted molar refractivity (Wildman–Crippen MR) is 51.6 cm³/mol. The Morgan fingerprint density at radius 2 is 1.43 bits per heavy atom. The minimum Gasteiger partial charge on any atom is -0.394 e. The van der Waals surface area contributed by atoms with Crippen LogP contribution in [0.25, 0.3) is 0 Å². The standard InChI is InChI=1S/C9H12F2O2Si/c1-12-14(3,13-2)9-5-7(10)4-8(11)6-9/h4-6H,1-3H3. The van der Waals surface area contributed by atoms with E-state index in [1.165, 1.54) is 26.4 Å². The van der Waals surface area contributed by atoms with Crippen LogP contribution in [0.5, 0.6) is 0 Å². The molecule has 0 N–H and O–H groups in total. The highest BCUT2D eigenvalue weighted by atomic mass is 28.4. The largest absolute Gasteiger partial charge is 0.394 e. The zero-order valence-electron chi connectivity index (χ0n) is 8.30. The fourth-order valence-electron chi connectivity index (χ4n) is 1.14. The molecule has 5 heteroatoms. The molecular weight excluding hydrogens is 206 g/mol. The summed E-state index contributed by atoms with van der Waals surface area (Å²) in [6.45, 7) is 1.72. The van der Waals surface area contributed by atoms with Crippen LogP contribution in [0.3, 0.4) is 0 Å². The van der Waals surface area contributed by atoms with E-state index in [0.717, 1.165) is 6.07 Å². The van der Waals surface area contributed by atoms with Crippen molar-refractivity contribution in [2.24, 2.45) is 0 Å². The fourth-order valence-corrected chi connectivity index (χ4v) is 2.57. The summed E-state index contributed by atoms with van der Waals surface area (Å²) in [6.07, 6.45) is 0. The lowest BCUT2D eigenvalue weighted by molar-refractivity contribution is 0.265. The lowest BCUT2D eigenvalue weighted by Gasteiger charge is -2.22. The molecule has 0 heterocycles. The van der Waals surface area contributed by atoms with Crippen LogP contribution >= 0.6 is 0 Å². The van der Waals surface area contributed by atoms with Crippen LogP contribution in [0.2, 0.25) is 6.55 Å². The Morgan fingerprint density at radius 3 is 1.79 bits per heavy atom. The van der Waals surface area contributed by atoms with Gasteiger partial charge in [0.25, 0.3) is 0 Å². The molecule has 0 aliphatic carbocycles. The van der Waals surface area contributed by atoms with E-state index in [-0.39, 0.29) is 0 Å². The fraction of sp³-hybridized carbons (Fsp3) is 0.333. The van der Waals surface area contributed by atoms with E-state index in [9.17, 15) is 8.78 Å². The molecule has 0 aliphatic heterocycles. The van der Waals surface area contributed by atoms with Crippen molar-refractivity contribution < 1.29 is 17.6 Å². The van der Waals surface area contributed by atoms with E-state index in [2.05, 4.69) is 0 Å². The molecular formula is C9H12F2O2Si. The summed E-state index contributed by atoms with van der Waals surface area (Å²) < 4.78 is 36.1. The summed E-state index contributed by atoms with van der Waals surface area (Å²) in [5.74, 6) is -1.24. The number of benzene rings is 1. The van der Waals surface area contributed by atoms with Gasteiger partial charge in [0, 0.05) is 20.3 Å². The Bertz CT molecular complexity index is 306. The van der Waals surface area contributed by atoms with E-state index in [1.807, 2.05) is 0 Å². The maximum atomic E-state index is 12.9. The average molecular weight is 218 g/mol. The van der Waals surface area contributed by atoms with Gasteiger partial charge in [-0.3, -0.25) is 0 Å². The van der Waals surface area contributed by atoms with Crippen molar-refractivity contribution in [3.8, 4) is 0 Å². The van der Waals surface area contributed by atoms with E-state index in [1.54, 1.807) is 6.55 Å². The first kappa shape index (κ1) is 11.3. The van der Waals surface area contributed by atoms with Gasteiger partial charge < -0.3 is 8.85 Å². The summed E-state index contributed by atoms with van der Waals surface area (Å²) in [6, 6.07) is 3.30. The van der Waals surface area contributed by atoms with Gasteiger partial charge in [-0.05, 0) is 23.9 Å². The zero-order valence-corrected chi connectivity index (χ0v) is 9.30. The van der Waals surface area contributed by atoms with Gasteiger partial charge in [-0.1, -0.05) is 0 Å². The molecule has 14 heavy (non-hydrogen) atoms. The second-order valence-corrected chi connectivity index (χ2v) is 6.30. The van der Waals surface area contributed by atoms with Gasteiger partial charge in [-0.15, -0.1) is 0 Å². The van der Waals surface area contributed by atoms with Gasteiger partial charge in [0.1, 0.15) is 11.6 Å². The maximum Gasteiger partial charge on any atom is 0.368 e. The normalized spacial score (nSPS) is 11.8. The highest BCUT2D eigenvalue weighted by Gasteiger charge is 2.32. The lowest BCUT2D eigenvalue weighted by Crippen LogP contribution is -2.49. The van der Waals surface area contributed by atoms with Crippen LogP contribution in [0.15, 0.2) is 18.2 Å². The molecule has 0 aromatic heterocycles. The van der Waals surface area contributed by atoms with Gasteiger partial charge in [-0.25, -0.2) is 8.78 Å². The number of halogens is 2. The molecule has 78 valence electrons. The number of hydrogen-bond acceptors (Lipinski definition) is 2. The van der Waals surface area contributed by atoms with Crippen molar-refractivity contribution in [2.45, 2.75) is 6.55 Å². The molecule has 0 amide bonds. The van der Waals surface area contributed by atoms with Gasteiger partial charge in [0.05, 0.1) is 0 Å². The van der Waals surface area contributed by atoms with Crippen LogP contribution in [0, 0.1) is 11.6 Å². The van der Waals surface area contributed by atoms with Crippen LogP contribution in [0.1, 0.15) is 0 Å². The van der Waals surface area contributed by atoms with Crippen molar-refractivity contribution in [2.75, 3.05) is 14.2 Å². The topological polar surface area (TPSA) is 18.5 Å². The molecule has 1 aromatic carbocycles. The Morgan fingerprint density at radius 1 is 1.00 bits per heavy atom. The van der Waals surface area contributed by atoms with Crippen molar-refractivity contribution >= 4 is 13.7 Å². The van der Waals surface area contributed by atoms with Crippen molar-refractivity contribution in [3.63, 3.8) is 0 Å². The minimum absolute atomic E-state index is 0.444. The van der Waals surface area contributed by atoms with Gasteiger partial charge in [0.2, 0.25) is 0 Å². The number of rotatable bonds is 3. The molecule has 0 aliphatic rings. The smallest absolute Gasteiger partial charge is 0.368 e. The Kier molecular flexibility index (Phi) is 3.36. The molecule has 0 bridgehead atoms. The van der Waals surface area contributed by atoms with Crippen LogP contribution in [0.4, 0.5) is 8.78 Å². The molecule has 0 spiro atoms. The van der Waals surface area contributed by atoms with E-state index in [4.69, 9.17) is 8.85 Å². The summed E-state index contributed by atoms with van der Waals surface area (Å²) in [7, 11) is 0.325. The molecule has 0 radical (unpaired) electrons. The van der Waals surface area contributed by atoms with Crippen LogP contribution in [-0.2, 0) is 8.85 Å². The first-order valence-electron chi connectivity index (χ1n) is 4.08. The Labute approximate surface area is 82.7 Å².